The van der Waals surface area contributed by atoms with Crippen molar-refractivity contribution in [1.29, 1.82) is 0 Å². The van der Waals surface area contributed by atoms with Gasteiger partial charge in [-0.3, -0.25) is 4.79 Å². The van der Waals surface area contributed by atoms with E-state index >= 15 is 0 Å². The molecule has 1 amide bonds. The van der Waals surface area contributed by atoms with Crippen LogP contribution in [0.2, 0.25) is 0 Å². The molecule has 1 atom stereocenters. The number of aromatic nitrogens is 2. The minimum Gasteiger partial charge on any atom is -0.350 e. The lowest BCUT2D eigenvalue weighted by Crippen LogP contribution is -2.33. The number of fused-ring (bicyclic) bond motifs is 1. The van der Waals surface area contributed by atoms with E-state index in [0.29, 0.717) is 22.4 Å². The van der Waals surface area contributed by atoms with Gasteiger partial charge in [-0.05, 0) is 45.2 Å². The Kier molecular flexibility index (Phi) is 4.60. The van der Waals surface area contributed by atoms with Crippen LogP contribution in [0, 0.1) is 13.8 Å². The number of amides is 1. The molecular formula is C19H21N3O2. The maximum atomic E-state index is 12.7. The number of carbonyl (C=O) groups excluding carboxylic acids is 1. The summed E-state index contributed by atoms with van der Waals surface area (Å²) in [6.07, 6.45) is 1.81. The Labute approximate surface area is 141 Å². The van der Waals surface area contributed by atoms with E-state index in [1.807, 2.05) is 39.0 Å². The van der Waals surface area contributed by atoms with E-state index in [2.05, 4.69) is 27.6 Å². The van der Waals surface area contributed by atoms with E-state index in [-0.39, 0.29) is 11.9 Å². The fraction of sp³-hybridized carbons (Fsp3) is 0.316. The number of hydrogen-bond donors (Lipinski definition) is 1. The lowest BCUT2D eigenvalue weighted by Gasteiger charge is -2.14. The maximum Gasteiger partial charge on any atom is 0.258 e. The molecule has 0 bridgehead atoms. The first kappa shape index (κ1) is 16.2. The zero-order valence-electron chi connectivity index (χ0n) is 14.2. The van der Waals surface area contributed by atoms with E-state index in [0.717, 1.165) is 18.5 Å². The number of carbonyl (C=O) groups is 1. The molecule has 0 saturated heterocycles. The molecule has 1 unspecified atom stereocenters. The molecule has 3 rings (SSSR count). The molecule has 3 aromatic rings. The van der Waals surface area contributed by atoms with Crippen LogP contribution in [0.4, 0.5) is 0 Å². The highest BCUT2D eigenvalue weighted by atomic mass is 16.5. The summed E-state index contributed by atoms with van der Waals surface area (Å²) in [5, 5.41) is 7.67. The standard InChI is InChI=1S/C19H21N3O2/c1-12(9-10-15-7-5-4-6-8-15)20-18(23)16-11-13(2)21-19-17(16)14(3)22-24-19/h4-8,11-12H,9-10H2,1-3H3,(H,20,23). The van der Waals surface area contributed by atoms with Crippen molar-refractivity contribution in [1.82, 2.24) is 15.5 Å². The fourth-order valence-electron chi connectivity index (χ4n) is 2.80. The van der Waals surface area contributed by atoms with Crippen molar-refractivity contribution in [2.75, 3.05) is 0 Å². The molecule has 0 aliphatic rings. The highest BCUT2D eigenvalue weighted by molar-refractivity contribution is 6.06. The van der Waals surface area contributed by atoms with E-state index < -0.39 is 0 Å². The number of nitrogens with zero attached hydrogens (tertiary/aromatic N) is 2. The molecule has 24 heavy (non-hydrogen) atoms. The molecule has 0 spiro atoms. The first-order valence-electron chi connectivity index (χ1n) is 8.13. The van der Waals surface area contributed by atoms with Crippen molar-refractivity contribution < 1.29 is 9.32 Å². The zero-order valence-corrected chi connectivity index (χ0v) is 14.2. The van der Waals surface area contributed by atoms with Crippen LogP contribution in [-0.4, -0.2) is 22.1 Å². The van der Waals surface area contributed by atoms with Crippen molar-refractivity contribution in [3.8, 4) is 0 Å². The molecule has 124 valence electrons. The van der Waals surface area contributed by atoms with Gasteiger partial charge in [-0.15, -0.1) is 0 Å². The van der Waals surface area contributed by atoms with Gasteiger partial charge in [0.25, 0.3) is 11.6 Å². The highest BCUT2D eigenvalue weighted by Gasteiger charge is 2.19. The fourth-order valence-corrected chi connectivity index (χ4v) is 2.80. The Bertz CT molecular complexity index is 856. The predicted octanol–water partition coefficient (Wildman–Crippen LogP) is 3.59. The second-order valence-electron chi connectivity index (χ2n) is 6.16. The van der Waals surface area contributed by atoms with Gasteiger partial charge in [0.1, 0.15) is 0 Å². The quantitative estimate of drug-likeness (QED) is 0.779. The molecule has 0 aliphatic carbocycles. The minimum absolute atomic E-state index is 0.0707. The molecule has 0 fully saturated rings. The Hall–Kier alpha value is -2.69. The average molecular weight is 323 g/mol. The van der Waals surface area contributed by atoms with Gasteiger partial charge in [0, 0.05) is 11.7 Å². The van der Waals surface area contributed by atoms with Crippen LogP contribution in [0.3, 0.4) is 0 Å². The first-order valence-corrected chi connectivity index (χ1v) is 8.13. The van der Waals surface area contributed by atoms with Gasteiger partial charge < -0.3 is 9.84 Å². The van der Waals surface area contributed by atoms with Gasteiger partial charge in [0.2, 0.25) is 0 Å². The molecule has 5 nitrogen and oxygen atoms in total. The van der Waals surface area contributed by atoms with Crippen LogP contribution < -0.4 is 5.32 Å². The lowest BCUT2D eigenvalue weighted by molar-refractivity contribution is 0.0940. The molecule has 2 aromatic heterocycles. The third kappa shape index (κ3) is 3.45. The molecule has 0 aliphatic heterocycles. The molecule has 1 N–H and O–H groups in total. The Morgan fingerprint density at radius 1 is 1.25 bits per heavy atom. The summed E-state index contributed by atoms with van der Waals surface area (Å²) in [7, 11) is 0. The summed E-state index contributed by atoms with van der Waals surface area (Å²) in [6.45, 7) is 5.68. The average Bonchev–Trinajstić information content (AvgIpc) is 2.94. The third-order valence-corrected chi connectivity index (χ3v) is 4.08. The number of hydrogen-bond acceptors (Lipinski definition) is 4. The second kappa shape index (κ2) is 6.83. The molecule has 2 heterocycles. The Morgan fingerprint density at radius 3 is 2.75 bits per heavy atom. The number of nitrogens with one attached hydrogen (secondary N) is 1. The SMILES string of the molecule is Cc1cc(C(=O)NC(C)CCc2ccccc2)c2c(C)noc2n1. The van der Waals surface area contributed by atoms with Crippen LogP contribution in [0.25, 0.3) is 11.1 Å². The smallest absolute Gasteiger partial charge is 0.258 e. The summed E-state index contributed by atoms with van der Waals surface area (Å²) in [5.74, 6) is -0.114. The van der Waals surface area contributed by atoms with Gasteiger partial charge in [-0.25, -0.2) is 4.98 Å². The minimum atomic E-state index is -0.114. The van der Waals surface area contributed by atoms with Crippen LogP contribution in [-0.2, 0) is 6.42 Å². The van der Waals surface area contributed by atoms with Gasteiger partial charge >= 0.3 is 0 Å². The predicted molar refractivity (Wildman–Crippen MR) is 93.0 cm³/mol. The van der Waals surface area contributed by atoms with Gasteiger partial charge in [-0.2, -0.15) is 0 Å². The van der Waals surface area contributed by atoms with Crippen LogP contribution in [0.1, 0.15) is 40.7 Å². The number of benzene rings is 1. The molecular weight excluding hydrogens is 302 g/mol. The van der Waals surface area contributed by atoms with Crippen LogP contribution in [0.15, 0.2) is 40.9 Å². The van der Waals surface area contributed by atoms with Gasteiger partial charge in [0.05, 0.1) is 16.6 Å². The summed E-state index contributed by atoms with van der Waals surface area (Å²) in [4.78, 5) is 17.0. The molecule has 1 aromatic carbocycles. The molecule has 0 radical (unpaired) electrons. The summed E-state index contributed by atoms with van der Waals surface area (Å²) < 4.78 is 5.19. The highest BCUT2D eigenvalue weighted by Crippen LogP contribution is 2.22. The van der Waals surface area contributed by atoms with E-state index in [9.17, 15) is 4.79 Å². The number of pyridine rings is 1. The Morgan fingerprint density at radius 2 is 2.00 bits per heavy atom. The Balaban J connectivity index is 1.72. The summed E-state index contributed by atoms with van der Waals surface area (Å²) in [5.41, 5.74) is 3.67. The summed E-state index contributed by atoms with van der Waals surface area (Å²) >= 11 is 0. The first-order chi connectivity index (χ1) is 11.5. The third-order valence-electron chi connectivity index (χ3n) is 4.08. The normalized spacial score (nSPS) is 12.3. The van der Waals surface area contributed by atoms with E-state index in [1.54, 1.807) is 6.07 Å². The maximum absolute atomic E-state index is 12.7. The topological polar surface area (TPSA) is 68.0 Å². The molecule has 5 heteroatoms. The van der Waals surface area contributed by atoms with E-state index in [4.69, 9.17) is 4.52 Å². The number of aryl methyl sites for hydroxylation is 3. The van der Waals surface area contributed by atoms with Crippen molar-refractivity contribution in [3.05, 3.63) is 58.9 Å². The van der Waals surface area contributed by atoms with Crippen LogP contribution >= 0.6 is 0 Å². The van der Waals surface area contributed by atoms with Gasteiger partial charge in [0.15, 0.2) is 0 Å². The largest absolute Gasteiger partial charge is 0.350 e. The summed E-state index contributed by atoms with van der Waals surface area (Å²) in [6, 6.07) is 12.1. The lowest BCUT2D eigenvalue weighted by atomic mass is 10.1. The number of rotatable bonds is 5. The van der Waals surface area contributed by atoms with E-state index in [1.165, 1.54) is 5.56 Å². The second-order valence-corrected chi connectivity index (χ2v) is 6.16. The van der Waals surface area contributed by atoms with Crippen LogP contribution in [0.5, 0.6) is 0 Å². The molecule has 0 saturated carbocycles. The monoisotopic (exact) mass is 323 g/mol. The van der Waals surface area contributed by atoms with Crippen molar-refractivity contribution in [3.63, 3.8) is 0 Å². The van der Waals surface area contributed by atoms with Gasteiger partial charge in [-0.1, -0.05) is 35.5 Å². The van der Waals surface area contributed by atoms with Crippen molar-refractivity contribution >= 4 is 17.0 Å². The van der Waals surface area contributed by atoms with Crippen molar-refractivity contribution in [2.45, 2.75) is 39.7 Å². The van der Waals surface area contributed by atoms with Crippen molar-refractivity contribution in [2.24, 2.45) is 0 Å². The zero-order chi connectivity index (χ0) is 17.1.